The van der Waals surface area contributed by atoms with Crippen molar-refractivity contribution in [3.63, 3.8) is 0 Å². The first-order valence-corrected chi connectivity index (χ1v) is 8.34. The predicted octanol–water partition coefficient (Wildman–Crippen LogP) is 3.75. The van der Waals surface area contributed by atoms with E-state index in [4.69, 9.17) is 15.9 Å². The quantitative estimate of drug-likeness (QED) is 0.315. The summed E-state index contributed by atoms with van der Waals surface area (Å²) in [6.07, 6.45) is 3.14. The molecule has 25 heavy (non-hydrogen) atoms. The fourth-order valence-electron chi connectivity index (χ4n) is 2.43. The molecular weight excluding hydrogens is 316 g/mol. The average molecular weight is 340 g/mol. The molecule has 0 aromatic heterocycles. The van der Waals surface area contributed by atoms with Gasteiger partial charge >= 0.3 is 5.97 Å². The fraction of sp³-hybridized carbons (Fsp3) is 0.300. The summed E-state index contributed by atoms with van der Waals surface area (Å²) in [5.74, 6) is 0.742. The van der Waals surface area contributed by atoms with Crippen LogP contribution in [0.25, 0.3) is 11.1 Å². The molecular formula is C20H24N2O3. The second-order valence-electron chi connectivity index (χ2n) is 5.75. The fourth-order valence-corrected chi connectivity index (χ4v) is 2.43. The van der Waals surface area contributed by atoms with Gasteiger partial charge in [-0.2, -0.15) is 0 Å². The number of carbonyl (C=O) groups is 1. The van der Waals surface area contributed by atoms with Gasteiger partial charge in [0.2, 0.25) is 0 Å². The smallest absolute Gasteiger partial charge is 0.305 e. The zero-order valence-corrected chi connectivity index (χ0v) is 14.5. The van der Waals surface area contributed by atoms with Crippen molar-refractivity contribution >= 4 is 11.8 Å². The number of carbonyl (C=O) groups excluding carboxylic acids is 1. The van der Waals surface area contributed by atoms with E-state index in [0.29, 0.717) is 13.0 Å². The van der Waals surface area contributed by atoms with Crippen LogP contribution >= 0.6 is 0 Å². The van der Waals surface area contributed by atoms with Crippen LogP contribution in [0.1, 0.15) is 31.2 Å². The summed E-state index contributed by atoms with van der Waals surface area (Å²) in [7, 11) is 1.41. The van der Waals surface area contributed by atoms with Gasteiger partial charge in [-0.3, -0.25) is 10.2 Å². The summed E-state index contributed by atoms with van der Waals surface area (Å²) >= 11 is 0. The molecule has 0 unspecified atom stereocenters. The second-order valence-corrected chi connectivity index (χ2v) is 5.75. The van der Waals surface area contributed by atoms with Crippen molar-refractivity contribution in [2.45, 2.75) is 25.7 Å². The van der Waals surface area contributed by atoms with E-state index in [1.807, 2.05) is 48.5 Å². The number of nitrogens with two attached hydrogens (primary N) is 1. The Morgan fingerprint density at radius 1 is 0.960 bits per heavy atom. The summed E-state index contributed by atoms with van der Waals surface area (Å²) in [6, 6.07) is 15.5. The maximum absolute atomic E-state index is 11.0. The maximum atomic E-state index is 11.0. The highest BCUT2D eigenvalue weighted by atomic mass is 16.5. The SMILES string of the molecule is COC(=O)CCCCCOc1ccc(-c2ccc(C(=N)N)cc2)cc1. The van der Waals surface area contributed by atoms with E-state index >= 15 is 0 Å². The zero-order chi connectivity index (χ0) is 18.1. The molecule has 2 aromatic rings. The average Bonchev–Trinajstić information content (AvgIpc) is 2.65. The van der Waals surface area contributed by atoms with Gasteiger partial charge in [-0.1, -0.05) is 36.4 Å². The van der Waals surface area contributed by atoms with Crippen molar-refractivity contribution in [3.05, 3.63) is 54.1 Å². The number of methoxy groups -OCH3 is 1. The normalized spacial score (nSPS) is 10.3. The highest BCUT2D eigenvalue weighted by molar-refractivity contribution is 5.95. The summed E-state index contributed by atoms with van der Waals surface area (Å²) in [5, 5.41) is 7.41. The molecule has 2 aromatic carbocycles. The molecule has 0 amide bonds. The summed E-state index contributed by atoms with van der Waals surface area (Å²) < 4.78 is 10.3. The number of amidine groups is 1. The Hall–Kier alpha value is -2.82. The van der Waals surface area contributed by atoms with Crippen LogP contribution in [-0.2, 0) is 9.53 Å². The van der Waals surface area contributed by atoms with Crippen LogP contribution in [0.4, 0.5) is 0 Å². The maximum Gasteiger partial charge on any atom is 0.305 e. The Balaban J connectivity index is 1.78. The van der Waals surface area contributed by atoms with Gasteiger partial charge in [-0.15, -0.1) is 0 Å². The molecule has 0 saturated heterocycles. The standard InChI is InChI=1S/C20H24N2O3/c1-24-19(23)5-3-2-4-14-25-18-12-10-16(11-13-18)15-6-8-17(9-7-15)20(21)22/h6-13H,2-5,14H2,1H3,(H3,21,22). The minimum atomic E-state index is -0.159. The summed E-state index contributed by atoms with van der Waals surface area (Å²) in [6.45, 7) is 0.633. The molecule has 0 bridgehead atoms. The Labute approximate surface area is 148 Å². The molecule has 2 rings (SSSR count). The van der Waals surface area contributed by atoms with Crippen molar-refractivity contribution in [1.82, 2.24) is 0 Å². The summed E-state index contributed by atoms with van der Waals surface area (Å²) in [5.41, 5.74) is 8.34. The third-order valence-electron chi connectivity index (χ3n) is 3.91. The van der Waals surface area contributed by atoms with Crippen molar-refractivity contribution < 1.29 is 14.3 Å². The topological polar surface area (TPSA) is 85.4 Å². The van der Waals surface area contributed by atoms with Gasteiger partial charge in [-0.25, -0.2) is 0 Å². The Morgan fingerprint density at radius 3 is 2.12 bits per heavy atom. The second kappa shape index (κ2) is 9.47. The lowest BCUT2D eigenvalue weighted by atomic mass is 10.0. The monoisotopic (exact) mass is 340 g/mol. The molecule has 0 atom stereocenters. The molecule has 5 nitrogen and oxygen atoms in total. The van der Waals surface area contributed by atoms with Gasteiger partial charge in [0.25, 0.3) is 0 Å². The number of nitrogens with one attached hydrogen (secondary N) is 1. The van der Waals surface area contributed by atoms with Gasteiger partial charge in [0, 0.05) is 12.0 Å². The number of hydrogen-bond donors (Lipinski definition) is 2. The lowest BCUT2D eigenvalue weighted by Crippen LogP contribution is -2.10. The molecule has 0 spiro atoms. The summed E-state index contributed by atoms with van der Waals surface area (Å²) in [4.78, 5) is 11.0. The van der Waals surface area contributed by atoms with E-state index in [-0.39, 0.29) is 11.8 Å². The van der Waals surface area contributed by atoms with Crippen molar-refractivity contribution in [2.75, 3.05) is 13.7 Å². The number of ether oxygens (including phenoxy) is 2. The third-order valence-corrected chi connectivity index (χ3v) is 3.91. The molecule has 132 valence electrons. The molecule has 0 radical (unpaired) electrons. The van der Waals surface area contributed by atoms with E-state index in [9.17, 15) is 4.79 Å². The van der Waals surface area contributed by atoms with Crippen molar-refractivity contribution in [1.29, 1.82) is 5.41 Å². The Bertz CT molecular complexity index is 694. The van der Waals surface area contributed by atoms with Gasteiger partial charge in [0.05, 0.1) is 13.7 Å². The lowest BCUT2D eigenvalue weighted by Gasteiger charge is -2.08. The number of nitrogen functional groups attached to an aromatic ring is 1. The van der Waals surface area contributed by atoms with Gasteiger partial charge in [-0.05, 0) is 42.5 Å². The molecule has 0 heterocycles. The van der Waals surface area contributed by atoms with Crippen LogP contribution < -0.4 is 10.5 Å². The van der Waals surface area contributed by atoms with E-state index in [1.165, 1.54) is 7.11 Å². The largest absolute Gasteiger partial charge is 0.494 e. The number of esters is 1. The Kier molecular flexibility index (Phi) is 7.01. The highest BCUT2D eigenvalue weighted by Crippen LogP contribution is 2.23. The lowest BCUT2D eigenvalue weighted by molar-refractivity contribution is -0.140. The van der Waals surface area contributed by atoms with E-state index in [2.05, 4.69) is 4.74 Å². The number of hydrogen-bond acceptors (Lipinski definition) is 4. The molecule has 0 fully saturated rings. The predicted molar refractivity (Wildman–Crippen MR) is 98.9 cm³/mol. The van der Waals surface area contributed by atoms with Crippen LogP contribution in [0.15, 0.2) is 48.5 Å². The van der Waals surface area contributed by atoms with Gasteiger partial charge in [0.1, 0.15) is 11.6 Å². The van der Waals surface area contributed by atoms with Crippen LogP contribution in [-0.4, -0.2) is 25.5 Å². The van der Waals surface area contributed by atoms with Gasteiger partial charge in [0.15, 0.2) is 0 Å². The first-order chi connectivity index (χ1) is 12.1. The van der Waals surface area contributed by atoms with Gasteiger partial charge < -0.3 is 15.2 Å². The van der Waals surface area contributed by atoms with E-state index in [0.717, 1.165) is 41.7 Å². The van der Waals surface area contributed by atoms with Crippen molar-refractivity contribution in [3.8, 4) is 16.9 Å². The van der Waals surface area contributed by atoms with Crippen LogP contribution in [0, 0.1) is 5.41 Å². The van der Waals surface area contributed by atoms with Crippen molar-refractivity contribution in [2.24, 2.45) is 5.73 Å². The molecule has 3 N–H and O–H groups in total. The highest BCUT2D eigenvalue weighted by Gasteiger charge is 2.02. The molecule has 0 aliphatic carbocycles. The zero-order valence-electron chi connectivity index (χ0n) is 14.5. The number of benzene rings is 2. The number of rotatable bonds is 9. The first kappa shape index (κ1) is 18.5. The minimum absolute atomic E-state index is 0.0712. The van der Waals surface area contributed by atoms with E-state index < -0.39 is 0 Å². The third kappa shape index (κ3) is 5.95. The Morgan fingerprint density at radius 2 is 1.56 bits per heavy atom. The molecule has 0 saturated carbocycles. The number of unbranched alkanes of at least 4 members (excludes halogenated alkanes) is 2. The minimum Gasteiger partial charge on any atom is -0.494 e. The van der Waals surface area contributed by atoms with E-state index in [1.54, 1.807) is 0 Å². The van der Waals surface area contributed by atoms with Crippen LogP contribution in [0.5, 0.6) is 5.75 Å². The van der Waals surface area contributed by atoms with Crippen LogP contribution in [0.2, 0.25) is 0 Å². The molecule has 0 aliphatic rings. The molecule has 5 heteroatoms. The first-order valence-electron chi connectivity index (χ1n) is 8.34. The molecule has 0 aliphatic heterocycles. The van der Waals surface area contributed by atoms with Crippen LogP contribution in [0.3, 0.4) is 0 Å².